The van der Waals surface area contributed by atoms with Crippen LogP contribution in [0.2, 0.25) is 0 Å². The van der Waals surface area contributed by atoms with E-state index in [1.54, 1.807) is 6.92 Å². The summed E-state index contributed by atoms with van der Waals surface area (Å²) >= 11 is 4.67. The fourth-order valence-corrected chi connectivity index (χ4v) is 0.627. The molecule has 0 aliphatic rings. The van der Waals surface area contributed by atoms with Crippen LogP contribution in [-0.2, 0) is 0 Å². The highest BCUT2D eigenvalue weighted by atomic mass is 32.1. The van der Waals surface area contributed by atoms with Gasteiger partial charge in [-0.1, -0.05) is 0 Å². The summed E-state index contributed by atoms with van der Waals surface area (Å²) in [5, 5.41) is 2.69. The zero-order valence-corrected chi connectivity index (χ0v) is 5.20. The summed E-state index contributed by atoms with van der Waals surface area (Å²) < 4.78 is 0.377. The lowest BCUT2D eigenvalue weighted by Gasteiger charge is -1.83. The summed E-state index contributed by atoms with van der Waals surface area (Å²) in [4.78, 5) is 5.01. The van der Waals surface area contributed by atoms with Gasteiger partial charge in [-0.15, -0.1) is 0 Å². The van der Waals surface area contributed by atoms with Crippen LogP contribution in [0.4, 0.5) is 0 Å². The molecule has 1 aromatic rings. The third-order valence-electron chi connectivity index (χ3n) is 0.752. The fourth-order valence-electron chi connectivity index (χ4n) is 0.444. The van der Waals surface area contributed by atoms with Crippen LogP contribution >= 0.6 is 12.2 Å². The van der Waals surface area contributed by atoms with Crippen LogP contribution in [0, 0.1) is 11.7 Å². The van der Waals surface area contributed by atoms with Gasteiger partial charge >= 0.3 is 0 Å². The van der Waals surface area contributed by atoms with Crippen LogP contribution in [0.3, 0.4) is 0 Å². The van der Waals surface area contributed by atoms with Gasteiger partial charge < -0.3 is 5.84 Å². The first-order valence-electron chi connectivity index (χ1n) is 2.11. The Morgan fingerprint density at radius 3 is 2.62 bits per heavy atom. The van der Waals surface area contributed by atoms with E-state index in [1.807, 2.05) is 0 Å². The molecule has 0 amide bonds. The van der Waals surface area contributed by atoms with Crippen LogP contribution in [0.5, 0.6) is 0 Å². The molecular weight excluding hydrogens is 124 g/mol. The summed E-state index contributed by atoms with van der Waals surface area (Å²) in [5.41, 5.74) is 0. The molecule has 44 valence electrons. The SMILES string of the molecule is Cc1nc(=S)n(N)[nH]1. The first kappa shape index (κ1) is 5.30. The Kier molecular flexibility index (Phi) is 1.05. The van der Waals surface area contributed by atoms with Gasteiger partial charge in [0.25, 0.3) is 0 Å². The number of hydrogen-bond acceptors (Lipinski definition) is 3. The Bertz CT molecular complexity index is 234. The minimum atomic E-state index is 0.377. The highest BCUT2D eigenvalue weighted by Gasteiger charge is 1.88. The molecule has 1 heterocycles. The van der Waals surface area contributed by atoms with Gasteiger partial charge in [0, 0.05) is 0 Å². The Morgan fingerprint density at radius 1 is 1.88 bits per heavy atom. The van der Waals surface area contributed by atoms with Crippen molar-refractivity contribution in [3.05, 3.63) is 10.6 Å². The van der Waals surface area contributed by atoms with E-state index < -0.39 is 0 Å². The van der Waals surface area contributed by atoms with E-state index in [1.165, 1.54) is 4.79 Å². The Labute approximate surface area is 51.3 Å². The molecule has 0 aliphatic carbocycles. The van der Waals surface area contributed by atoms with E-state index in [2.05, 4.69) is 22.3 Å². The summed E-state index contributed by atoms with van der Waals surface area (Å²) in [5.74, 6) is 5.97. The van der Waals surface area contributed by atoms with Gasteiger partial charge in [0.2, 0.25) is 4.77 Å². The van der Waals surface area contributed by atoms with Crippen molar-refractivity contribution in [2.45, 2.75) is 6.92 Å². The molecule has 0 unspecified atom stereocenters. The maximum absolute atomic E-state index is 5.24. The van der Waals surface area contributed by atoms with E-state index in [9.17, 15) is 0 Å². The lowest BCUT2D eigenvalue weighted by atomic mass is 10.8. The molecule has 0 spiro atoms. The molecule has 0 saturated carbocycles. The third-order valence-corrected chi connectivity index (χ3v) is 1.04. The van der Waals surface area contributed by atoms with E-state index in [0.717, 1.165) is 5.82 Å². The second-order valence-corrected chi connectivity index (χ2v) is 1.83. The number of aromatic amines is 1. The van der Waals surface area contributed by atoms with Gasteiger partial charge in [-0.3, -0.25) is 5.10 Å². The van der Waals surface area contributed by atoms with Crippen LogP contribution in [-0.4, -0.2) is 14.9 Å². The predicted molar refractivity (Wildman–Crippen MR) is 32.3 cm³/mol. The summed E-state index contributed by atoms with van der Waals surface area (Å²) in [6.45, 7) is 1.79. The van der Waals surface area contributed by atoms with Crippen molar-refractivity contribution in [2.75, 3.05) is 5.84 Å². The zero-order valence-electron chi connectivity index (χ0n) is 4.38. The molecule has 0 aromatic carbocycles. The average molecular weight is 130 g/mol. The number of hydrogen-bond donors (Lipinski definition) is 2. The molecule has 1 rings (SSSR count). The fraction of sp³-hybridized carbons (Fsp3) is 0.333. The van der Waals surface area contributed by atoms with Crippen molar-refractivity contribution in [2.24, 2.45) is 0 Å². The van der Waals surface area contributed by atoms with Gasteiger partial charge in [-0.25, -0.2) is 4.98 Å². The largest absolute Gasteiger partial charge is 0.322 e. The predicted octanol–water partition coefficient (Wildman–Crippen LogP) is -0.0371. The lowest BCUT2D eigenvalue weighted by molar-refractivity contribution is 0.806. The zero-order chi connectivity index (χ0) is 6.15. The quantitative estimate of drug-likeness (QED) is 0.383. The van der Waals surface area contributed by atoms with Crippen molar-refractivity contribution in [3.63, 3.8) is 0 Å². The molecule has 0 atom stereocenters. The summed E-state index contributed by atoms with van der Waals surface area (Å²) in [6, 6.07) is 0. The number of aromatic nitrogens is 3. The van der Waals surface area contributed by atoms with Crippen molar-refractivity contribution in [3.8, 4) is 0 Å². The highest BCUT2D eigenvalue weighted by Crippen LogP contribution is 1.82. The number of aryl methyl sites for hydroxylation is 1. The van der Waals surface area contributed by atoms with Crippen LogP contribution < -0.4 is 5.84 Å². The number of nitrogens with zero attached hydrogens (tertiary/aromatic N) is 2. The van der Waals surface area contributed by atoms with Crippen molar-refractivity contribution >= 4 is 12.2 Å². The normalized spacial score (nSPS) is 9.62. The smallest absolute Gasteiger partial charge is 0.236 e. The monoisotopic (exact) mass is 130 g/mol. The van der Waals surface area contributed by atoms with Gasteiger partial charge in [0.05, 0.1) is 0 Å². The lowest BCUT2D eigenvalue weighted by Crippen LogP contribution is -2.09. The van der Waals surface area contributed by atoms with Crippen molar-refractivity contribution in [1.29, 1.82) is 0 Å². The molecule has 5 heteroatoms. The van der Waals surface area contributed by atoms with Crippen molar-refractivity contribution < 1.29 is 0 Å². The van der Waals surface area contributed by atoms with E-state index in [-0.39, 0.29) is 0 Å². The Morgan fingerprint density at radius 2 is 2.50 bits per heavy atom. The van der Waals surface area contributed by atoms with Crippen molar-refractivity contribution in [1.82, 2.24) is 14.9 Å². The van der Waals surface area contributed by atoms with Gasteiger partial charge in [0.1, 0.15) is 5.82 Å². The first-order valence-corrected chi connectivity index (χ1v) is 2.51. The van der Waals surface area contributed by atoms with Gasteiger partial charge in [0.15, 0.2) is 0 Å². The third kappa shape index (κ3) is 0.717. The number of nitrogens with one attached hydrogen (secondary N) is 1. The number of rotatable bonds is 0. The average Bonchev–Trinajstić information content (AvgIpc) is 1.85. The highest BCUT2D eigenvalue weighted by molar-refractivity contribution is 7.71. The van der Waals surface area contributed by atoms with E-state index in [4.69, 9.17) is 5.84 Å². The number of nitrogens with two attached hydrogens (primary N) is 1. The molecule has 1 aromatic heterocycles. The van der Waals surface area contributed by atoms with Gasteiger partial charge in [-0.05, 0) is 19.1 Å². The molecule has 0 aliphatic heterocycles. The number of nitrogen functional groups attached to an aromatic ring is 1. The molecule has 8 heavy (non-hydrogen) atoms. The summed E-state index contributed by atoms with van der Waals surface area (Å²) in [6.07, 6.45) is 0. The molecular formula is C3H6N4S. The minimum Gasteiger partial charge on any atom is -0.322 e. The van der Waals surface area contributed by atoms with Gasteiger partial charge in [-0.2, -0.15) is 4.79 Å². The maximum atomic E-state index is 5.24. The molecule has 3 N–H and O–H groups in total. The number of H-pyrrole nitrogens is 1. The minimum absolute atomic E-state index is 0.377. The molecule has 0 bridgehead atoms. The maximum Gasteiger partial charge on any atom is 0.236 e. The van der Waals surface area contributed by atoms with Crippen LogP contribution in [0.15, 0.2) is 0 Å². The van der Waals surface area contributed by atoms with E-state index in [0.29, 0.717) is 4.77 Å². The summed E-state index contributed by atoms with van der Waals surface area (Å²) in [7, 11) is 0. The standard InChI is InChI=1S/C3H6N4S/c1-2-5-3(8)7(4)6-2/h4H2,1H3,(H,5,6,8). The van der Waals surface area contributed by atoms with Crippen LogP contribution in [0.1, 0.15) is 5.82 Å². The first-order chi connectivity index (χ1) is 3.70. The van der Waals surface area contributed by atoms with E-state index >= 15 is 0 Å². The Balaban J connectivity index is 3.35. The molecule has 0 fully saturated rings. The second-order valence-electron chi connectivity index (χ2n) is 1.46. The Hall–Kier alpha value is -0.840. The molecule has 0 saturated heterocycles. The van der Waals surface area contributed by atoms with Crippen LogP contribution in [0.25, 0.3) is 0 Å². The molecule has 4 nitrogen and oxygen atoms in total. The topological polar surface area (TPSA) is 59.6 Å². The molecule has 0 radical (unpaired) electrons. The second kappa shape index (κ2) is 1.59.